The van der Waals surface area contributed by atoms with Gasteiger partial charge in [0.1, 0.15) is 5.75 Å². The Labute approximate surface area is 130 Å². The van der Waals surface area contributed by atoms with Crippen LogP contribution in [0, 0.1) is 5.92 Å². The van der Waals surface area contributed by atoms with Crippen LogP contribution in [0.25, 0.3) is 0 Å². The molecule has 1 aromatic carbocycles. The molecule has 2 nitrogen and oxygen atoms in total. The number of hydrogen-bond acceptors (Lipinski definition) is 2. The van der Waals surface area contributed by atoms with Crippen LogP contribution in [-0.4, -0.2) is 18.7 Å². The molecule has 0 aromatic heterocycles. The normalized spacial score (nSPS) is 17.6. The number of nitrogens with one attached hydrogen (secondary N) is 1. The molecule has 2 rings (SSSR count). The van der Waals surface area contributed by atoms with Gasteiger partial charge in [-0.05, 0) is 57.2 Å². The summed E-state index contributed by atoms with van der Waals surface area (Å²) in [5.74, 6) is 1.56. The van der Waals surface area contributed by atoms with Crippen molar-refractivity contribution in [2.24, 2.45) is 5.92 Å². The van der Waals surface area contributed by atoms with E-state index in [1.54, 1.807) is 0 Å². The van der Waals surface area contributed by atoms with Crippen LogP contribution in [0.2, 0.25) is 0 Å². The molecule has 1 saturated carbocycles. The van der Waals surface area contributed by atoms with Crippen molar-refractivity contribution in [1.82, 2.24) is 5.32 Å². The third-order valence-corrected chi connectivity index (χ3v) is 4.32. The Kier molecular flexibility index (Phi) is 4.98. The van der Waals surface area contributed by atoms with Gasteiger partial charge in [-0.15, -0.1) is 0 Å². The second-order valence-electron chi connectivity index (χ2n) is 7.97. The Morgan fingerprint density at radius 3 is 2.19 bits per heavy atom. The lowest BCUT2D eigenvalue weighted by Crippen LogP contribution is -2.49. The zero-order chi connectivity index (χ0) is 15.5. The Hall–Kier alpha value is -1.02. The molecule has 1 fully saturated rings. The third kappa shape index (κ3) is 4.47. The van der Waals surface area contributed by atoms with Crippen LogP contribution in [0.3, 0.4) is 0 Å². The van der Waals surface area contributed by atoms with Crippen molar-refractivity contribution in [3.8, 4) is 5.75 Å². The molecular weight excluding hydrogens is 258 g/mol. The van der Waals surface area contributed by atoms with E-state index in [-0.39, 0.29) is 5.54 Å². The molecule has 0 spiro atoms. The standard InChI is InChI=1S/C19H31NO/c1-15(2)13-21-17-9-7-16(8-10-17)19(11-6-12-19)14-20-18(3,4)5/h7-10,15,20H,6,11-14H2,1-5H3. The van der Waals surface area contributed by atoms with Gasteiger partial charge in [-0.2, -0.15) is 0 Å². The summed E-state index contributed by atoms with van der Waals surface area (Å²) >= 11 is 0. The van der Waals surface area contributed by atoms with Gasteiger partial charge in [-0.25, -0.2) is 0 Å². The lowest BCUT2D eigenvalue weighted by Gasteiger charge is -2.44. The van der Waals surface area contributed by atoms with Gasteiger partial charge in [0.2, 0.25) is 0 Å². The van der Waals surface area contributed by atoms with E-state index in [0.29, 0.717) is 11.3 Å². The first-order valence-electron chi connectivity index (χ1n) is 8.29. The predicted molar refractivity (Wildman–Crippen MR) is 90.1 cm³/mol. The molecule has 1 aliphatic rings. The molecule has 0 atom stereocenters. The fraction of sp³-hybridized carbons (Fsp3) is 0.684. The molecule has 0 heterocycles. The maximum absolute atomic E-state index is 5.79. The third-order valence-electron chi connectivity index (χ3n) is 4.32. The Morgan fingerprint density at radius 1 is 1.14 bits per heavy atom. The molecule has 1 N–H and O–H groups in total. The fourth-order valence-electron chi connectivity index (χ4n) is 2.77. The van der Waals surface area contributed by atoms with E-state index in [9.17, 15) is 0 Å². The van der Waals surface area contributed by atoms with E-state index in [1.165, 1.54) is 24.8 Å². The van der Waals surface area contributed by atoms with E-state index in [1.807, 2.05) is 0 Å². The average Bonchev–Trinajstić information content (AvgIpc) is 2.35. The highest BCUT2D eigenvalue weighted by Gasteiger charge is 2.39. The molecule has 0 aliphatic heterocycles. The minimum absolute atomic E-state index is 0.183. The smallest absolute Gasteiger partial charge is 0.119 e. The van der Waals surface area contributed by atoms with Gasteiger partial charge in [-0.3, -0.25) is 0 Å². The lowest BCUT2D eigenvalue weighted by atomic mass is 9.64. The molecule has 0 radical (unpaired) electrons. The van der Waals surface area contributed by atoms with Crippen LogP contribution in [0.4, 0.5) is 0 Å². The number of rotatable bonds is 6. The SMILES string of the molecule is CC(C)COc1ccc(C2(CNC(C)(C)C)CCC2)cc1. The van der Waals surface area contributed by atoms with Crippen LogP contribution < -0.4 is 10.1 Å². The Morgan fingerprint density at radius 2 is 1.76 bits per heavy atom. The molecule has 21 heavy (non-hydrogen) atoms. The minimum Gasteiger partial charge on any atom is -0.493 e. The summed E-state index contributed by atoms with van der Waals surface area (Å²) in [6, 6.07) is 8.79. The van der Waals surface area contributed by atoms with Gasteiger partial charge in [-0.1, -0.05) is 32.4 Å². The van der Waals surface area contributed by atoms with E-state index < -0.39 is 0 Å². The van der Waals surface area contributed by atoms with Crippen molar-refractivity contribution in [3.05, 3.63) is 29.8 Å². The summed E-state index contributed by atoms with van der Waals surface area (Å²) in [7, 11) is 0. The van der Waals surface area contributed by atoms with Gasteiger partial charge in [0, 0.05) is 17.5 Å². The van der Waals surface area contributed by atoms with Crippen LogP contribution in [0.15, 0.2) is 24.3 Å². The summed E-state index contributed by atoms with van der Waals surface area (Å²) in [5.41, 5.74) is 1.98. The van der Waals surface area contributed by atoms with Crippen LogP contribution in [0.1, 0.15) is 59.4 Å². The average molecular weight is 289 g/mol. The van der Waals surface area contributed by atoms with E-state index in [2.05, 4.69) is 64.2 Å². The molecule has 0 saturated heterocycles. The van der Waals surface area contributed by atoms with Gasteiger partial charge < -0.3 is 10.1 Å². The van der Waals surface area contributed by atoms with Gasteiger partial charge in [0.15, 0.2) is 0 Å². The maximum atomic E-state index is 5.79. The number of ether oxygens (including phenoxy) is 1. The van der Waals surface area contributed by atoms with Crippen molar-refractivity contribution in [2.45, 2.75) is 64.8 Å². The molecule has 118 valence electrons. The van der Waals surface area contributed by atoms with Crippen molar-refractivity contribution in [2.75, 3.05) is 13.2 Å². The minimum atomic E-state index is 0.183. The van der Waals surface area contributed by atoms with E-state index >= 15 is 0 Å². The predicted octanol–water partition coefficient (Wildman–Crippen LogP) is 4.53. The van der Waals surface area contributed by atoms with Crippen LogP contribution in [0.5, 0.6) is 5.75 Å². The maximum Gasteiger partial charge on any atom is 0.119 e. The molecule has 0 unspecified atom stereocenters. The first-order valence-corrected chi connectivity index (χ1v) is 8.29. The van der Waals surface area contributed by atoms with Crippen molar-refractivity contribution >= 4 is 0 Å². The zero-order valence-electron chi connectivity index (χ0n) is 14.3. The fourth-order valence-corrected chi connectivity index (χ4v) is 2.77. The Balaban J connectivity index is 2.01. The highest BCUT2D eigenvalue weighted by atomic mass is 16.5. The van der Waals surface area contributed by atoms with Gasteiger partial charge in [0.05, 0.1) is 6.61 Å². The second kappa shape index (κ2) is 6.39. The van der Waals surface area contributed by atoms with Crippen molar-refractivity contribution in [3.63, 3.8) is 0 Å². The largest absolute Gasteiger partial charge is 0.493 e. The molecule has 0 bridgehead atoms. The van der Waals surface area contributed by atoms with E-state index in [4.69, 9.17) is 4.74 Å². The quantitative estimate of drug-likeness (QED) is 0.830. The molecule has 0 amide bonds. The summed E-state index contributed by atoms with van der Waals surface area (Å²) < 4.78 is 5.79. The summed E-state index contributed by atoms with van der Waals surface area (Å²) in [6.07, 6.45) is 3.93. The van der Waals surface area contributed by atoms with E-state index in [0.717, 1.165) is 18.9 Å². The monoisotopic (exact) mass is 289 g/mol. The lowest BCUT2D eigenvalue weighted by molar-refractivity contribution is 0.212. The summed E-state index contributed by atoms with van der Waals surface area (Å²) in [6.45, 7) is 12.9. The second-order valence-corrected chi connectivity index (χ2v) is 7.97. The summed E-state index contributed by atoms with van der Waals surface area (Å²) in [4.78, 5) is 0. The van der Waals surface area contributed by atoms with Crippen LogP contribution >= 0.6 is 0 Å². The molecular formula is C19H31NO. The Bertz CT molecular complexity index is 438. The number of benzene rings is 1. The molecule has 1 aromatic rings. The highest BCUT2D eigenvalue weighted by Crippen LogP contribution is 2.43. The highest BCUT2D eigenvalue weighted by molar-refractivity contribution is 5.34. The van der Waals surface area contributed by atoms with Gasteiger partial charge >= 0.3 is 0 Å². The first kappa shape index (κ1) is 16.4. The van der Waals surface area contributed by atoms with Crippen LogP contribution in [-0.2, 0) is 5.41 Å². The molecule has 2 heteroatoms. The summed E-state index contributed by atoms with van der Waals surface area (Å²) in [5, 5.41) is 3.69. The van der Waals surface area contributed by atoms with Crippen molar-refractivity contribution < 1.29 is 4.74 Å². The topological polar surface area (TPSA) is 21.3 Å². The van der Waals surface area contributed by atoms with Crippen molar-refractivity contribution in [1.29, 1.82) is 0 Å². The van der Waals surface area contributed by atoms with Gasteiger partial charge in [0.25, 0.3) is 0 Å². The number of hydrogen-bond donors (Lipinski definition) is 1. The molecule has 1 aliphatic carbocycles. The zero-order valence-corrected chi connectivity index (χ0v) is 14.3. The first-order chi connectivity index (χ1) is 9.81.